The highest BCUT2D eigenvalue weighted by molar-refractivity contribution is 5.75. The van der Waals surface area contributed by atoms with Crippen LogP contribution in [0.4, 0.5) is 9.18 Å². The van der Waals surface area contributed by atoms with Gasteiger partial charge in [-0.1, -0.05) is 19.1 Å². The maximum Gasteiger partial charge on any atom is 0.315 e. The first-order valence-corrected chi connectivity index (χ1v) is 6.20. The lowest BCUT2D eigenvalue weighted by molar-refractivity contribution is 0.226. The Bertz CT molecular complexity index is 418. The standard InChI is InChI=1S/C14H21FN2O/c1-5-10(2)16-13(18)17-14(3,4)11-7-6-8-12(15)9-11/h6-10H,5H2,1-4H3,(H2,16,17,18). The van der Waals surface area contributed by atoms with E-state index in [1.165, 1.54) is 12.1 Å². The molecule has 3 nitrogen and oxygen atoms in total. The number of halogens is 1. The van der Waals surface area contributed by atoms with Gasteiger partial charge in [0.25, 0.3) is 0 Å². The van der Waals surface area contributed by atoms with Crippen molar-refractivity contribution in [1.29, 1.82) is 0 Å². The van der Waals surface area contributed by atoms with Crippen molar-refractivity contribution >= 4 is 6.03 Å². The van der Waals surface area contributed by atoms with Crippen LogP contribution in [0.15, 0.2) is 24.3 Å². The maximum absolute atomic E-state index is 13.2. The number of hydrogen-bond acceptors (Lipinski definition) is 1. The second-order valence-electron chi connectivity index (χ2n) is 5.04. The average Bonchev–Trinajstić information content (AvgIpc) is 2.28. The fraction of sp³-hybridized carbons (Fsp3) is 0.500. The van der Waals surface area contributed by atoms with Crippen molar-refractivity contribution < 1.29 is 9.18 Å². The van der Waals surface area contributed by atoms with Gasteiger partial charge in [-0.2, -0.15) is 0 Å². The first-order chi connectivity index (χ1) is 8.35. The first kappa shape index (κ1) is 14.5. The van der Waals surface area contributed by atoms with Gasteiger partial charge < -0.3 is 10.6 Å². The fourth-order valence-electron chi connectivity index (χ4n) is 1.60. The molecule has 0 spiro atoms. The van der Waals surface area contributed by atoms with Crippen LogP contribution in [-0.4, -0.2) is 12.1 Å². The van der Waals surface area contributed by atoms with E-state index in [1.54, 1.807) is 12.1 Å². The quantitative estimate of drug-likeness (QED) is 0.849. The highest BCUT2D eigenvalue weighted by atomic mass is 19.1. The van der Waals surface area contributed by atoms with E-state index in [-0.39, 0.29) is 17.9 Å². The summed E-state index contributed by atoms with van der Waals surface area (Å²) in [5.41, 5.74) is 0.126. The monoisotopic (exact) mass is 252 g/mol. The number of urea groups is 1. The summed E-state index contributed by atoms with van der Waals surface area (Å²) in [6.07, 6.45) is 0.869. The van der Waals surface area contributed by atoms with E-state index in [4.69, 9.17) is 0 Å². The first-order valence-electron chi connectivity index (χ1n) is 6.20. The number of hydrogen-bond donors (Lipinski definition) is 2. The van der Waals surface area contributed by atoms with E-state index in [0.29, 0.717) is 0 Å². The molecule has 1 unspecified atom stereocenters. The molecule has 18 heavy (non-hydrogen) atoms. The van der Waals surface area contributed by atoms with Crippen molar-refractivity contribution in [2.45, 2.75) is 45.7 Å². The Labute approximate surface area is 108 Å². The smallest absolute Gasteiger partial charge is 0.315 e. The van der Waals surface area contributed by atoms with Gasteiger partial charge in [0.05, 0.1) is 5.54 Å². The number of rotatable bonds is 4. The number of amides is 2. The molecular formula is C14H21FN2O. The number of carbonyl (C=O) groups is 1. The van der Waals surface area contributed by atoms with E-state index in [1.807, 2.05) is 27.7 Å². The molecule has 0 bridgehead atoms. The van der Waals surface area contributed by atoms with Gasteiger partial charge in [0.1, 0.15) is 5.82 Å². The van der Waals surface area contributed by atoms with E-state index in [9.17, 15) is 9.18 Å². The lowest BCUT2D eigenvalue weighted by atomic mass is 9.94. The Hall–Kier alpha value is -1.58. The van der Waals surface area contributed by atoms with Gasteiger partial charge in [0, 0.05) is 6.04 Å². The summed E-state index contributed by atoms with van der Waals surface area (Å²) in [5.74, 6) is -0.301. The molecule has 0 aromatic heterocycles. The van der Waals surface area contributed by atoms with Crippen LogP contribution in [0.1, 0.15) is 39.7 Å². The predicted octanol–water partition coefficient (Wildman–Crippen LogP) is 3.16. The van der Waals surface area contributed by atoms with Gasteiger partial charge in [-0.15, -0.1) is 0 Å². The van der Waals surface area contributed by atoms with Crippen LogP contribution >= 0.6 is 0 Å². The van der Waals surface area contributed by atoms with Gasteiger partial charge in [-0.05, 0) is 44.9 Å². The molecule has 100 valence electrons. The molecule has 0 saturated heterocycles. The molecule has 0 aliphatic rings. The Morgan fingerprint density at radius 1 is 1.44 bits per heavy atom. The number of nitrogens with one attached hydrogen (secondary N) is 2. The molecule has 1 aromatic carbocycles. The summed E-state index contributed by atoms with van der Waals surface area (Å²) >= 11 is 0. The Morgan fingerprint density at radius 3 is 2.67 bits per heavy atom. The molecule has 0 aliphatic carbocycles. The van der Waals surface area contributed by atoms with E-state index >= 15 is 0 Å². The summed E-state index contributed by atoms with van der Waals surface area (Å²) in [7, 11) is 0. The van der Waals surface area contributed by atoms with Crippen LogP contribution < -0.4 is 10.6 Å². The molecule has 0 aliphatic heterocycles. The van der Waals surface area contributed by atoms with Crippen LogP contribution in [0.3, 0.4) is 0 Å². The minimum Gasteiger partial charge on any atom is -0.336 e. The molecule has 0 heterocycles. The normalized spacial score (nSPS) is 12.9. The van der Waals surface area contributed by atoms with Crippen molar-refractivity contribution in [3.8, 4) is 0 Å². The third-order valence-electron chi connectivity index (χ3n) is 2.96. The third kappa shape index (κ3) is 4.02. The van der Waals surface area contributed by atoms with Crippen molar-refractivity contribution in [1.82, 2.24) is 10.6 Å². The van der Waals surface area contributed by atoms with E-state index < -0.39 is 5.54 Å². The van der Waals surface area contributed by atoms with Crippen LogP contribution in [0.25, 0.3) is 0 Å². The molecule has 2 amide bonds. The average molecular weight is 252 g/mol. The summed E-state index contributed by atoms with van der Waals surface area (Å²) < 4.78 is 13.2. The van der Waals surface area contributed by atoms with Crippen LogP contribution in [-0.2, 0) is 5.54 Å². The van der Waals surface area contributed by atoms with Crippen molar-refractivity contribution in [3.05, 3.63) is 35.6 Å². The lowest BCUT2D eigenvalue weighted by Gasteiger charge is -2.28. The summed E-state index contributed by atoms with van der Waals surface area (Å²) in [5, 5.41) is 5.67. The topological polar surface area (TPSA) is 41.1 Å². The van der Waals surface area contributed by atoms with Gasteiger partial charge in [-0.25, -0.2) is 9.18 Å². The van der Waals surface area contributed by atoms with Gasteiger partial charge in [0.2, 0.25) is 0 Å². The highest BCUT2D eigenvalue weighted by Crippen LogP contribution is 2.20. The zero-order valence-electron chi connectivity index (χ0n) is 11.4. The van der Waals surface area contributed by atoms with Crippen LogP contribution in [0, 0.1) is 5.82 Å². The lowest BCUT2D eigenvalue weighted by Crippen LogP contribution is -2.48. The van der Waals surface area contributed by atoms with Crippen LogP contribution in [0.5, 0.6) is 0 Å². The number of carbonyl (C=O) groups excluding carboxylic acids is 1. The maximum atomic E-state index is 13.2. The molecular weight excluding hydrogens is 231 g/mol. The molecule has 4 heteroatoms. The molecule has 1 aromatic rings. The van der Waals surface area contributed by atoms with E-state index in [0.717, 1.165) is 12.0 Å². The Balaban J connectivity index is 2.72. The predicted molar refractivity (Wildman–Crippen MR) is 70.8 cm³/mol. The zero-order valence-corrected chi connectivity index (χ0v) is 11.4. The summed E-state index contributed by atoms with van der Waals surface area (Å²) in [6.45, 7) is 7.63. The van der Waals surface area contributed by atoms with Gasteiger partial charge >= 0.3 is 6.03 Å². The molecule has 0 radical (unpaired) electrons. The van der Waals surface area contributed by atoms with Gasteiger partial charge in [-0.3, -0.25) is 0 Å². The van der Waals surface area contributed by atoms with Crippen molar-refractivity contribution in [3.63, 3.8) is 0 Å². The molecule has 0 saturated carbocycles. The number of benzene rings is 1. The Kier molecular flexibility index (Phi) is 4.70. The van der Waals surface area contributed by atoms with Crippen molar-refractivity contribution in [2.24, 2.45) is 0 Å². The third-order valence-corrected chi connectivity index (χ3v) is 2.96. The highest BCUT2D eigenvalue weighted by Gasteiger charge is 2.23. The minimum absolute atomic E-state index is 0.119. The second kappa shape index (κ2) is 5.85. The summed E-state index contributed by atoms with van der Waals surface area (Å²) in [4.78, 5) is 11.8. The molecule has 1 atom stereocenters. The SMILES string of the molecule is CCC(C)NC(=O)NC(C)(C)c1cccc(F)c1. The van der Waals surface area contributed by atoms with Crippen LogP contribution in [0.2, 0.25) is 0 Å². The molecule has 1 rings (SSSR count). The van der Waals surface area contributed by atoms with E-state index in [2.05, 4.69) is 10.6 Å². The van der Waals surface area contributed by atoms with Gasteiger partial charge in [0.15, 0.2) is 0 Å². The summed E-state index contributed by atoms with van der Waals surface area (Å²) in [6, 6.07) is 6.14. The second-order valence-corrected chi connectivity index (χ2v) is 5.04. The zero-order chi connectivity index (χ0) is 13.8. The fourth-order valence-corrected chi connectivity index (χ4v) is 1.60. The minimum atomic E-state index is -0.611. The molecule has 2 N–H and O–H groups in total. The molecule has 0 fully saturated rings. The van der Waals surface area contributed by atoms with Crippen molar-refractivity contribution in [2.75, 3.05) is 0 Å². The largest absolute Gasteiger partial charge is 0.336 e. The Morgan fingerprint density at radius 2 is 2.11 bits per heavy atom.